The molecule has 0 saturated carbocycles. The van der Waals surface area contributed by atoms with E-state index in [0.29, 0.717) is 22.6 Å². The van der Waals surface area contributed by atoms with Crippen LogP contribution in [0.2, 0.25) is 0 Å². The van der Waals surface area contributed by atoms with Crippen LogP contribution in [-0.2, 0) is 17.8 Å². The molecule has 0 atom stereocenters. The molecule has 1 N–H and O–H groups in total. The van der Waals surface area contributed by atoms with Crippen LogP contribution in [0.15, 0.2) is 66.7 Å². The average Bonchev–Trinajstić information content (AvgIpc) is 2.68. The van der Waals surface area contributed by atoms with Crippen molar-refractivity contribution in [1.82, 2.24) is 0 Å². The number of benzene rings is 3. The Morgan fingerprint density at radius 2 is 1.68 bits per heavy atom. The van der Waals surface area contributed by atoms with Crippen molar-refractivity contribution in [3.8, 4) is 17.2 Å². The van der Waals surface area contributed by atoms with Gasteiger partial charge in [-0.15, -0.1) is 0 Å². The van der Waals surface area contributed by atoms with Gasteiger partial charge in [0.2, 0.25) is 0 Å². The first-order valence-corrected chi connectivity index (χ1v) is 8.65. The number of aliphatic carboxylic acids is 1. The summed E-state index contributed by atoms with van der Waals surface area (Å²) in [6, 6.07) is 17.2. The van der Waals surface area contributed by atoms with Crippen molar-refractivity contribution in [3.63, 3.8) is 0 Å². The fourth-order valence-electron chi connectivity index (χ4n) is 2.58. The first-order chi connectivity index (χ1) is 13.5. The van der Waals surface area contributed by atoms with Crippen molar-refractivity contribution in [3.05, 3.63) is 89.5 Å². The molecule has 6 heteroatoms. The van der Waals surface area contributed by atoms with Crippen LogP contribution in [0, 0.1) is 11.6 Å². The maximum atomic E-state index is 14.2. The Bertz CT molecular complexity index is 955. The molecule has 28 heavy (non-hydrogen) atoms. The van der Waals surface area contributed by atoms with Crippen molar-refractivity contribution < 1.29 is 28.2 Å². The monoisotopic (exact) mass is 384 g/mol. The SMILES string of the molecule is O=C(O)CCc1ccc(OCc2ccccc2Oc2ccc(F)cc2)c(F)c1. The average molecular weight is 384 g/mol. The third-order valence-corrected chi connectivity index (χ3v) is 4.02. The minimum absolute atomic E-state index is 0.0618. The number of ether oxygens (including phenoxy) is 2. The molecular formula is C22H18F2O4. The molecule has 144 valence electrons. The normalized spacial score (nSPS) is 10.5. The smallest absolute Gasteiger partial charge is 0.303 e. The number of carboxylic acid groups (broad SMARTS) is 1. The van der Waals surface area contributed by atoms with Crippen molar-refractivity contribution in [1.29, 1.82) is 0 Å². The summed E-state index contributed by atoms with van der Waals surface area (Å²) in [5.41, 5.74) is 1.29. The molecule has 3 aromatic rings. The Balaban J connectivity index is 1.67. The molecule has 3 rings (SSSR count). The predicted octanol–water partition coefficient (Wildman–Crippen LogP) is 5.35. The lowest BCUT2D eigenvalue weighted by molar-refractivity contribution is -0.136. The quantitative estimate of drug-likeness (QED) is 0.569. The minimum Gasteiger partial charge on any atom is -0.486 e. The van der Waals surface area contributed by atoms with Crippen LogP contribution in [0.4, 0.5) is 8.78 Å². The van der Waals surface area contributed by atoms with Crippen LogP contribution in [0.25, 0.3) is 0 Å². The van der Waals surface area contributed by atoms with Gasteiger partial charge in [0.25, 0.3) is 0 Å². The Labute approximate surface area is 161 Å². The minimum atomic E-state index is -0.932. The highest BCUT2D eigenvalue weighted by atomic mass is 19.1. The number of hydrogen-bond donors (Lipinski definition) is 1. The van der Waals surface area contributed by atoms with Crippen molar-refractivity contribution >= 4 is 5.97 Å². The molecule has 0 radical (unpaired) electrons. The molecule has 0 fully saturated rings. The van der Waals surface area contributed by atoms with Crippen LogP contribution >= 0.6 is 0 Å². The second-order valence-corrected chi connectivity index (χ2v) is 6.11. The van der Waals surface area contributed by atoms with Gasteiger partial charge >= 0.3 is 5.97 Å². The lowest BCUT2D eigenvalue weighted by Gasteiger charge is -2.13. The third-order valence-electron chi connectivity index (χ3n) is 4.02. The second-order valence-electron chi connectivity index (χ2n) is 6.11. The molecule has 0 aliphatic carbocycles. The Morgan fingerprint density at radius 1 is 0.929 bits per heavy atom. The summed E-state index contributed by atoms with van der Waals surface area (Å²) in [6.07, 6.45) is 0.189. The zero-order valence-electron chi connectivity index (χ0n) is 14.9. The fraction of sp³-hybridized carbons (Fsp3) is 0.136. The summed E-state index contributed by atoms with van der Waals surface area (Å²) in [4.78, 5) is 10.6. The van der Waals surface area contributed by atoms with Gasteiger partial charge in [-0.3, -0.25) is 4.79 Å². The van der Waals surface area contributed by atoms with E-state index < -0.39 is 11.8 Å². The molecule has 0 aliphatic heterocycles. The van der Waals surface area contributed by atoms with E-state index in [1.165, 1.54) is 36.4 Å². The van der Waals surface area contributed by atoms with Gasteiger partial charge in [0.15, 0.2) is 11.6 Å². The first kappa shape index (κ1) is 19.4. The molecule has 0 aliphatic rings. The Kier molecular flexibility index (Phi) is 6.22. The van der Waals surface area contributed by atoms with Crippen molar-refractivity contribution in [2.45, 2.75) is 19.4 Å². The number of para-hydroxylation sites is 1. The summed E-state index contributed by atoms with van der Waals surface area (Å²) in [5, 5.41) is 8.71. The maximum Gasteiger partial charge on any atom is 0.303 e. The topological polar surface area (TPSA) is 55.8 Å². The van der Waals surface area contributed by atoms with E-state index in [-0.39, 0.29) is 31.0 Å². The molecule has 0 amide bonds. The summed E-state index contributed by atoms with van der Waals surface area (Å²) in [5.74, 6) is -0.782. The van der Waals surface area contributed by atoms with Crippen LogP contribution < -0.4 is 9.47 Å². The van der Waals surface area contributed by atoms with Gasteiger partial charge < -0.3 is 14.6 Å². The highest BCUT2D eigenvalue weighted by molar-refractivity contribution is 5.67. The first-order valence-electron chi connectivity index (χ1n) is 8.65. The molecule has 0 bridgehead atoms. The van der Waals surface area contributed by atoms with Gasteiger partial charge in [0.1, 0.15) is 23.9 Å². The summed E-state index contributed by atoms with van der Waals surface area (Å²) >= 11 is 0. The number of carboxylic acids is 1. The van der Waals surface area contributed by atoms with E-state index in [0.717, 1.165) is 0 Å². The molecule has 0 spiro atoms. The fourth-order valence-corrected chi connectivity index (χ4v) is 2.58. The Morgan fingerprint density at radius 3 is 2.39 bits per heavy atom. The van der Waals surface area contributed by atoms with Gasteiger partial charge in [-0.1, -0.05) is 24.3 Å². The highest BCUT2D eigenvalue weighted by Crippen LogP contribution is 2.27. The van der Waals surface area contributed by atoms with Crippen LogP contribution in [0.1, 0.15) is 17.5 Å². The van der Waals surface area contributed by atoms with Crippen LogP contribution in [0.5, 0.6) is 17.2 Å². The van der Waals surface area contributed by atoms with E-state index >= 15 is 0 Å². The number of carbonyl (C=O) groups is 1. The molecule has 0 aromatic heterocycles. The predicted molar refractivity (Wildman–Crippen MR) is 99.6 cm³/mol. The summed E-state index contributed by atoms with van der Waals surface area (Å²) in [7, 11) is 0. The lowest BCUT2D eigenvalue weighted by atomic mass is 10.1. The molecule has 3 aromatic carbocycles. The van der Waals surface area contributed by atoms with Crippen LogP contribution in [0.3, 0.4) is 0 Å². The van der Waals surface area contributed by atoms with E-state index in [1.54, 1.807) is 24.3 Å². The number of aryl methyl sites for hydroxylation is 1. The number of rotatable bonds is 8. The molecule has 0 unspecified atom stereocenters. The standard InChI is InChI=1S/C22H18F2O4/c23-17-7-9-18(10-8-17)28-20-4-2-1-3-16(20)14-27-21-11-5-15(13-19(21)24)6-12-22(25)26/h1-5,7-11,13H,6,12,14H2,(H,25,26). The maximum absolute atomic E-state index is 14.2. The van der Waals surface area contributed by atoms with E-state index in [2.05, 4.69) is 0 Å². The number of halogens is 2. The van der Waals surface area contributed by atoms with Crippen molar-refractivity contribution in [2.24, 2.45) is 0 Å². The second kappa shape index (κ2) is 8.99. The largest absolute Gasteiger partial charge is 0.486 e. The van der Waals surface area contributed by atoms with Gasteiger partial charge in [0, 0.05) is 12.0 Å². The van der Waals surface area contributed by atoms with Crippen molar-refractivity contribution in [2.75, 3.05) is 0 Å². The third kappa shape index (κ3) is 5.30. The molecular weight excluding hydrogens is 366 g/mol. The van der Waals surface area contributed by atoms with E-state index in [1.807, 2.05) is 6.07 Å². The number of hydrogen-bond acceptors (Lipinski definition) is 3. The van der Waals surface area contributed by atoms with E-state index in [9.17, 15) is 13.6 Å². The van der Waals surface area contributed by atoms with Gasteiger partial charge in [-0.25, -0.2) is 8.78 Å². The molecule has 0 saturated heterocycles. The summed E-state index contributed by atoms with van der Waals surface area (Å²) in [6.45, 7) is 0.0722. The highest BCUT2D eigenvalue weighted by Gasteiger charge is 2.10. The van der Waals surface area contributed by atoms with Crippen LogP contribution in [-0.4, -0.2) is 11.1 Å². The zero-order valence-corrected chi connectivity index (χ0v) is 14.9. The summed E-state index contributed by atoms with van der Waals surface area (Å²) < 4.78 is 38.6. The zero-order chi connectivity index (χ0) is 19.9. The van der Waals surface area contributed by atoms with Gasteiger partial charge in [-0.2, -0.15) is 0 Å². The Hall–Kier alpha value is -3.41. The lowest BCUT2D eigenvalue weighted by Crippen LogP contribution is -2.01. The van der Waals surface area contributed by atoms with Gasteiger partial charge in [-0.05, 0) is 54.4 Å². The van der Waals surface area contributed by atoms with Gasteiger partial charge in [0.05, 0.1) is 0 Å². The molecule has 4 nitrogen and oxygen atoms in total. The van der Waals surface area contributed by atoms with E-state index in [4.69, 9.17) is 14.6 Å². The molecule has 0 heterocycles.